The summed E-state index contributed by atoms with van der Waals surface area (Å²) in [7, 11) is -3.75. The van der Waals surface area contributed by atoms with E-state index >= 15 is 0 Å². The lowest BCUT2D eigenvalue weighted by Gasteiger charge is -2.03. The zero-order chi connectivity index (χ0) is 11.8. The second-order valence-corrected chi connectivity index (χ2v) is 6.16. The Morgan fingerprint density at radius 2 is 2.06 bits per heavy atom. The monoisotopic (exact) mass is 273 g/mol. The Hall–Kier alpha value is -1.09. The van der Waals surface area contributed by atoms with Crippen molar-refractivity contribution in [3.05, 3.63) is 28.2 Å². The summed E-state index contributed by atoms with van der Waals surface area (Å²) in [5.74, 6) is 0. The van der Waals surface area contributed by atoms with Crippen LogP contribution in [0.15, 0.2) is 29.2 Å². The molecule has 0 saturated carbocycles. The summed E-state index contributed by atoms with van der Waals surface area (Å²) in [4.78, 5) is 0.0488. The standard InChI is InChI=1S/C8H7N3O2S3/c9-16(12,13)6-4-2-1-3-5(6)7-10-11-8(14)15-7/h1-4H,(H,11,14)(H2,9,12,13). The first-order valence-electron chi connectivity index (χ1n) is 4.16. The predicted octanol–water partition coefficient (Wildman–Crippen LogP) is 1.52. The van der Waals surface area contributed by atoms with Crippen molar-refractivity contribution >= 4 is 33.6 Å². The van der Waals surface area contributed by atoms with Crippen LogP contribution in [0.25, 0.3) is 10.6 Å². The molecule has 2 aromatic rings. The number of primary sulfonamides is 1. The van der Waals surface area contributed by atoms with E-state index in [4.69, 9.17) is 17.4 Å². The number of H-pyrrole nitrogens is 1. The number of hydrogen-bond donors (Lipinski definition) is 2. The number of sulfonamides is 1. The van der Waals surface area contributed by atoms with Crippen LogP contribution in [0.4, 0.5) is 0 Å². The third-order valence-corrected chi connectivity index (χ3v) is 3.95. The van der Waals surface area contributed by atoms with E-state index in [-0.39, 0.29) is 4.90 Å². The van der Waals surface area contributed by atoms with Crippen LogP contribution in [0.2, 0.25) is 0 Å². The van der Waals surface area contributed by atoms with Crippen LogP contribution < -0.4 is 5.14 Å². The maximum absolute atomic E-state index is 11.4. The highest BCUT2D eigenvalue weighted by Gasteiger charge is 2.16. The second-order valence-electron chi connectivity index (χ2n) is 2.96. The average molecular weight is 273 g/mol. The van der Waals surface area contributed by atoms with E-state index in [9.17, 15) is 8.42 Å². The summed E-state index contributed by atoms with van der Waals surface area (Å²) in [6.07, 6.45) is 0. The molecule has 0 spiro atoms. The summed E-state index contributed by atoms with van der Waals surface area (Å²) in [5.41, 5.74) is 0.461. The normalized spacial score (nSPS) is 11.6. The molecule has 0 fully saturated rings. The molecule has 0 bridgehead atoms. The molecule has 1 heterocycles. The van der Waals surface area contributed by atoms with Crippen LogP contribution in [0.5, 0.6) is 0 Å². The van der Waals surface area contributed by atoms with Gasteiger partial charge < -0.3 is 0 Å². The van der Waals surface area contributed by atoms with Crippen molar-refractivity contribution in [2.24, 2.45) is 5.14 Å². The smallest absolute Gasteiger partial charge is 0.238 e. The molecule has 3 N–H and O–H groups in total. The van der Waals surface area contributed by atoms with E-state index in [1.807, 2.05) is 0 Å². The lowest BCUT2D eigenvalue weighted by Crippen LogP contribution is -2.13. The van der Waals surface area contributed by atoms with Crippen molar-refractivity contribution in [2.45, 2.75) is 4.90 Å². The van der Waals surface area contributed by atoms with Crippen LogP contribution >= 0.6 is 23.6 Å². The van der Waals surface area contributed by atoms with Gasteiger partial charge in [-0.25, -0.2) is 13.6 Å². The Balaban J connectivity index is 2.71. The van der Waals surface area contributed by atoms with Crippen molar-refractivity contribution in [1.82, 2.24) is 10.2 Å². The number of rotatable bonds is 2. The van der Waals surface area contributed by atoms with Crippen LogP contribution in [0.1, 0.15) is 0 Å². The Kier molecular flexibility index (Phi) is 2.89. The Bertz CT molecular complexity index is 672. The first-order valence-corrected chi connectivity index (χ1v) is 6.93. The molecule has 16 heavy (non-hydrogen) atoms. The van der Waals surface area contributed by atoms with Gasteiger partial charge >= 0.3 is 0 Å². The summed E-state index contributed by atoms with van der Waals surface area (Å²) >= 11 is 6.09. The van der Waals surface area contributed by atoms with Gasteiger partial charge in [0.15, 0.2) is 3.95 Å². The minimum absolute atomic E-state index is 0.0488. The van der Waals surface area contributed by atoms with Crippen molar-refractivity contribution in [2.75, 3.05) is 0 Å². The molecule has 8 heteroatoms. The van der Waals surface area contributed by atoms with E-state index in [1.165, 1.54) is 17.4 Å². The molecule has 0 radical (unpaired) electrons. The van der Waals surface area contributed by atoms with E-state index in [1.54, 1.807) is 18.2 Å². The van der Waals surface area contributed by atoms with E-state index < -0.39 is 10.0 Å². The molecule has 0 aliphatic heterocycles. The van der Waals surface area contributed by atoms with Crippen molar-refractivity contribution in [1.29, 1.82) is 0 Å². The third-order valence-electron chi connectivity index (χ3n) is 1.86. The Morgan fingerprint density at radius 3 is 2.62 bits per heavy atom. The zero-order valence-corrected chi connectivity index (χ0v) is 10.3. The molecule has 5 nitrogen and oxygen atoms in total. The number of nitrogens with zero attached hydrogens (tertiary/aromatic N) is 1. The largest absolute Gasteiger partial charge is 0.258 e. The molecule has 0 saturated heterocycles. The second kappa shape index (κ2) is 4.06. The van der Waals surface area contributed by atoms with Gasteiger partial charge in [0, 0.05) is 5.56 Å². The molecule has 1 aromatic heterocycles. The fourth-order valence-corrected chi connectivity index (χ4v) is 2.97. The molecule has 0 amide bonds. The molecular formula is C8H7N3O2S3. The number of benzene rings is 1. The number of aromatic nitrogens is 2. The zero-order valence-electron chi connectivity index (χ0n) is 7.88. The molecule has 1 aromatic carbocycles. The number of nitrogens with one attached hydrogen (secondary N) is 1. The molecule has 0 aliphatic rings. The maximum Gasteiger partial charge on any atom is 0.238 e. The summed E-state index contributed by atoms with van der Waals surface area (Å²) in [5, 5.41) is 12.1. The van der Waals surface area contributed by atoms with Crippen molar-refractivity contribution < 1.29 is 8.42 Å². The lowest BCUT2D eigenvalue weighted by molar-refractivity contribution is 0.598. The fraction of sp³-hybridized carbons (Fsp3) is 0. The van der Waals surface area contributed by atoms with E-state index in [2.05, 4.69) is 10.2 Å². The topological polar surface area (TPSA) is 88.8 Å². The lowest BCUT2D eigenvalue weighted by atomic mass is 10.2. The van der Waals surface area contributed by atoms with Gasteiger partial charge in [0.1, 0.15) is 5.01 Å². The minimum Gasteiger partial charge on any atom is -0.258 e. The van der Waals surface area contributed by atoms with E-state index in [0.717, 1.165) is 0 Å². The van der Waals surface area contributed by atoms with Crippen molar-refractivity contribution in [3.8, 4) is 10.6 Å². The van der Waals surface area contributed by atoms with Crippen molar-refractivity contribution in [3.63, 3.8) is 0 Å². The summed E-state index contributed by atoms with van der Waals surface area (Å²) in [6, 6.07) is 6.40. The number of aromatic amines is 1. The Morgan fingerprint density at radius 1 is 1.38 bits per heavy atom. The molecule has 0 aliphatic carbocycles. The maximum atomic E-state index is 11.4. The first kappa shape index (κ1) is 11.4. The van der Waals surface area contributed by atoms with E-state index in [0.29, 0.717) is 14.5 Å². The average Bonchev–Trinajstić information content (AvgIpc) is 2.64. The van der Waals surface area contributed by atoms with Gasteiger partial charge in [0.05, 0.1) is 4.90 Å². The van der Waals surface area contributed by atoms with Gasteiger partial charge in [-0.1, -0.05) is 29.5 Å². The molecule has 0 unspecified atom stereocenters. The minimum atomic E-state index is -3.75. The summed E-state index contributed by atoms with van der Waals surface area (Å²) in [6.45, 7) is 0. The fourth-order valence-electron chi connectivity index (χ4n) is 1.24. The van der Waals surface area contributed by atoms with Crippen LogP contribution in [-0.4, -0.2) is 18.6 Å². The van der Waals surface area contributed by atoms with Crippen LogP contribution in [0, 0.1) is 3.95 Å². The highest BCUT2D eigenvalue weighted by Crippen LogP contribution is 2.27. The predicted molar refractivity (Wildman–Crippen MR) is 64.1 cm³/mol. The number of hydrogen-bond acceptors (Lipinski definition) is 5. The highest BCUT2D eigenvalue weighted by molar-refractivity contribution is 7.89. The first-order chi connectivity index (χ1) is 7.48. The quantitative estimate of drug-likeness (QED) is 0.812. The van der Waals surface area contributed by atoms with Gasteiger partial charge in [-0.05, 0) is 18.3 Å². The van der Waals surface area contributed by atoms with Gasteiger partial charge in [-0.15, -0.1) is 0 Å². The third kappa shape index (κ3) is 2.19. The van der Waals surface area contributed by atoms with Gasteiger partial charge in [0.25, 0.3) is 0 Å². The summed E-state index contributed by atoms with van der Waals surface area (Å²) < 4.78 is 23.2. The van der Waals surface area contributed by atoms with Gasteiger partial charge in [0.2, 0.25) is 10.0 Å². The van der Waals surface area contributed by atoms with Gasteiger partial charge in [-0.2, -0.15) is 5.10 Å². The van der Waals surface area contributed by atoms with Gasteiger partial charge in [-0.3, -0.25) is 5.10 Å². The SMILES string of the molecule is NS(=O)(=O)c1ccccc1-c1n[nH]c(=S)s1. The van der Waals surface area contributed by atoms with Crippen LogP contribution in [-0.2, 0) is 10.0 Å². The number of nitrogens with two attached hydrogens (primary N) is 1. The Labute approximate surface area is 101 Å². The van der Waals surface area contributed by atoms with Crippen LogP contribution in [0.3, 0.4) is 0 Å². The molecule has 2 rings (SSSR count). The molecular weight excluding hydrogens is 266 g/mol. The highest BCUT2D eigenvalue weighted by atomic mass is 32.2. The molecule has 84 valence electrons. The molecule has 0 atom stereocenters.